The monoisotopic (exact) mass is 243 g/mol. The lowest BCUT2D eigenvalue weighted by Crippen LogP contribution is -2.26. The highest BCUT2D eigenvalue weighted by atomic mass is 32.1. The highest BCUT2D eigenvalue weighted by molar-refractivity contribution is 7.11. The molecule has 1 atom stereocenters. The summed E-state index contributed by atoms with van der Waals surface area (Å²) in [6.45, 7) is 3.47. The van der Waals surface area contributed by atoms with E-state index in [4.69, 9.17) is 10.8 Å². The van der Waals surface area contributed by atoms with Crippen LogP contribution in [0.1, 0.15) is 23.0 Å². The third-order valence-electron chi connectivity index (χ3n) is 2.11. The SMILES string of the molecule is Cc1nsc(NC(=O)C(C)CN)c1C(=O)O. The van der Waals surface area contributed by atoms with E-state index in [1.165, 1.54) is 0 Å². The second kappa shape index (κ2) is 5.04. The van der Waals surface area contributed by atoms with Crippen LogP contribution in [-0.2, 0) is 4.79 Å². The summed E-state index contributed by atoms with van der Waals surface area (Å²) in [5, 5.41) is 11.7. The number of rotatable bonds is 4. The minimum atomic E-state index is -1.10. The number of nitrogens with zero attached hydrogens (tertiary/aromatic N) is 1. The number of amides is 1. The van der Waals surface area contributed by atoms with Crippen molar-refractivity contribution in [3.8, 4) is 0 Å². The molecule has 0 aliphatic carbocycles. The van der Waals surface area contributed by atoms with Crippen molar-refractivity contribution in [2.75, 3.05) is 11.9 Å². The molecule has 88 valence electrons. The molecule has 6 nitrogen and oxygen atoms in total. The van der Waals surface area contributed by atoms with Gasteiger partial charge in [0.1, 0.15) is 10.6 Å². The highest BCUT2D eigenvalue weighted by Crippen LogP contribution is 2.24. The Labute approximate surface area is 96.6 Å². The lowest BCUT2D eigenvalue weighted by Gasteiger charge is -2.08. The van der Waals surface area contributed by atoms with E-state index in [1.54, 1.807) is 13.8 Å². The number of carbonyl (C=O) groups is 2. The van der Waals surface area contributed by atoms with E-state index in [-0.39, 0.29) is 28.9 Å². The van der Waals surface area contributed by atoms with Gasteiger partial charge in [-0.05, 0) is 18.5 Å². The molecule has 16 heavy (non-hydrogen) atoms. The molecular weight excluding hydrogens is 230 g/mol. The van der Waals surface area contributed by atoms with Gasteiger partial charge in [-0.1, -0.05) is 6.92 Å². The summed E-state index contributed by atoms with van der Waals surface area (Å²) >= 11 is 0.957. The fourth-order valence-electron chi connectivity index (χ4n) is 1.05. The minimum absolute atomic E-state index is 0.0440. The topological polar surface area (TPSA) is 105 Å². The Balaban J connectivity index is 2.90. The van der Waals surface area contributed by atoms with Gasteiger partial charge in [0, 0.05) is 12.5 Å². The molecule has 1 amide bonds. The standard InChI is InChI=1S/C9H13N3O3S/c1-4(3-10)7(13)11-8-6(9(14)15)5(2)12-16-8/h4H,3,10H2,1-2H3,(H,11,13)(H,14,15). The maximum atomic E-state index is 11.5. The molecule has 0 spiro atoms. The van der Waals surface area contributed by atoms with Crippen LogP contribution >= 0.6 is 11.5 Å². The van der Waals surface area contributed by atoms with Gasteiger partial charge in [-0.25, -0.2) is 4.79 Å². The van der Waals surface area contributed by atoms with Gasteiger partial charge in [0.2, 0.25) is 5.91 Å². The van der Waals surface area contributed by atoms with E-state index in [2.05, 4.69) is 9.69 Å². The Morgan fingerprint density at radius 2 is 2.25 bits per heavy atom. The Bertz CT molecular complexity index is 416. The summed E-state index contributed by atoms with van der Waals surface area (Å²) in [5.41, 5.74) is 5.78. The molecular formula is C9H13N3O3S. The molecule has 1 unspecified atom stereocenters. The number of carboxylic acids is 1. The first-order chi connectivity index (χ1) is 7.47. The largest absolute Gasteiger partial charge is 0.478 e. The lowest BCUT2D eigenvalue weighted by atomic mass is 10.1. The van der Waals surface area contributed by atoms with E-state index in [1.807, 2.05) is 0 Å². The molecule has 1 heterocycles. The van der Waals surface area contributed by atoms with Crippen LogP contribution < -0.4 is 11.1 Å². The van der Waals surface area contributed by atoms with Crippen molar-refractivity contribution in [2.45, 2.75) is 13.8 Å². The van der Waals surface area contributed by atoms with Crippen molar-refractivity contribution in [3.63, 3.8) is 0 Å². The Morgan fingerprint density at radius 3 is 2.75 bits per heavy atom. The molecule has 0 aliphatic rings. The third kappa shape index (κ3) is 2.56. The number of nitrogens with one attached hydrogen (secondary N) is 1. The number of hydrogen-bond donors (Lipinski definition) is 3. The first kappa shape index (κ1) is 12.6. The summed E-state index contributed by atoms with van der Waals surface area (Å²) < 4.78 is 3.89. The number of nitrogens with two attached hydrogens (primary N) is 1. The third-order valence-corrected chi connectivity index (χ3v) is 2.97. The fraction of sp³-hybridized carbons (Fsp3) is 0.444. The number of carbonyl (C=O) groups excluding carboxylic acids is 1. The highest BCUT2D eigenvalue weighted by Gasteiger charge is 2.20. The van der Waals surface area contributed by atoms with Gasteiger partial charge in [-0.2, -0.15) is 4.37 Å². The summed E-state index contributed by atoms with van der Waals surface area (Å²) in [6, 6.07) is 0. The van der Waals surface area contributed by atoms with Crippen molar-refractivity contribution in [1.29, 1.82) is 0 Å². The van der Waals surface area contributed by atoms with Gasteiger partial charge >= 0.3 is 5.97 Å². The summed E-state index contributed by atoms with van der Waals surface area (Å²) in [4.78, 5) is 22.4. The van der Waals surface area contributed by atoms with E-state index >= 15 is 0 Å². The molecule has 0 aromatic carbocycles. The number of aromatic nitrogens is 1. The molecule has 0 saturated heterocycles. The number of hydrogen-bond acceptors (Lipinski definition) is 5. The lowest BCUT2D eigenvalue weighted by molar-refractivity contribution is -0.119. The van der Waals surface area contributed by atoms with Gasteiger partial charge in [0.05, 0.1) is 5.69 Å². The van der Waals surface area contributed by atoms with Crippen LogP contribution in [0.25, 0.3) is 0 Å². The van der Waals surface area contributed by atoms with Crippen LogP contribution in [-0.4, -0.2) is 27.9 Å². The molecule has 1 aromatic heterocycles. The molecule has 1 rings (SSSR count). The van der Waals surface area contributed by atoms with Gasteiger partial charge in [0.25, 0.3) is 0 Å². The maximum Gasteiger partial charge on any atom is 0.340 e. The van der Waals surface area contributed by atoms with E-state index in [0.717, 1.165) is 11.5 Å². The first-order valence-corrected chi connectivity index (χ1v) is 5.45. The van der Waals surface area contributed by atoms with Crippen molar-refractivity contribution in [3.05, 3.63) is 11.3 Å². The minimum Gasteiger partial charge on any atom is -0.478 e. The van der Waals surface area contributed by atoms with Gasteiger partial charge in [0.15, 0.2) is 0 Å². The molecule has 0 aliphatic heterocycles. The Hall–Kier alpha value is -1.47. The normalized spacial score (nSPS) is 12.2. The second-order valence-electron chi connectivity index (χ2n) is 3.40. The van der Waals surface area contributed by atoms with Crippen LogP contribution in [0.2, 0.25) is 0 Å². The van der Waals surface area contributed by atoms with Crippen molar-refractivity contribution >= 4 is 28.4 Å². The smallest absolute Gasteiger partial charge is 0.340 e. The van der Waals surface area contributed by atoms with Crippen LogP contribution in [0.5, 0.6) is 0 Å². The molecule has 0 radical (unpaired) electrons. The maximum absolute atomic E-state index is 11.5. The molecule has 0 bridgehead atoms. The molecule has 1 aromatic rings. The van der Waals surface area contributed by atoms with Crippen LogP contribution in [0.15, 0.2) is 0 Å². The zero-order valence-corrected chi connectivity index (χ0v) is 9.80. The number of aromatic carboxylic acids is 1. The fourth-order valence-corrected chi connectivity index (χ4v) is 1.84. The summed E-state index contributed by atoms with van der Waals surface area (Å²) in [7, 11) is 0. The van der Waals surface area contributed by atoms with Crippen molar-refractivity contribution in [1.82, 2.24) is 4.37 Å². The van der Waals surface area contributed by atoms with E-state index in [9.17, 15) is 9.59 Å². The van der Waals surface area contributed by atoms with Gasteiger partial charge in [-0.3, -0.25) is 4.79 Å². The zero-order valence-electron chi connectivity index (χ0n) is 8.98. The molecule has 0 fully saturated rings. The average molecular weight is 243 g/mol. The number of anilines is 1. The van der Waals surface area contributed by atoms with Crippen molar-refractivity contribution < 1.29 is 14.7 Å². The Morgan fingerprint density at radius 1 is 1.62 bits per heavy atom. The van der Waals surface area contributed by atoms with Gasteiger partial charge < -0.3 is 16.2 Å². The van der Waals surface area contributed by atoms with Gasteiger partial charge in [-0.15, -0.1) is 0 Å². The first-order valence-electron chi connectivity index (χ1n) is 4.67. The van der Waals surface area contributed by atoms with E-state index < -0.39 is 5.97 Å². The second-order valence-corrected chi connectivity index (χ2v) is 4.18. The number of aryl methyl sites for hydroxylation is 1. The molecule has 7 heteroatoms. The number of carboxylic acid groups (broad SMARTS) is 1. The molecule has 0 saturated carbocycles. The average Bonchev–Trinajstić information content (AvgIpc) is 2.58. The van der Waals surface area contributed by atoms with Crippen LogP contribution in [0.4, 0.5) is 5.00 Å². The molecule has 4 N–H and O–H groups in total. The predicted molar refractivity (Wildman–Crippen MR) is 60.7 cm³/mol. The summed E-state index contributed by atoms with van der Waals surface area (Å²) in [6.07, 6.45) is 0. The van der Waals surface area contributed by atoms with Crippen molar-refractivity contribution in [2.24, 2.45) is 11.7 Å². The quantitative estimate of drug-likeness (QED) is 0.721. The van der Waals surface area contributed by atoms with E-state index in [0.29, 0.717) is 5.69 Å². The predicted octanol–water partition coefficient (Wildman–Crippen LogP) is 0.683. The Kier molecular flexibility index (Phi) is 3.97. The summed E-state index contributed by atoms with van der Waals surface area (Å²) in [5.74, 6) is -1.75. The van der Waals surface area contributed by atoms with Crippen LogP contribution in [0.3, 0.4) is 0 Å². The van der Waals surface area contributed by atoms with Crippen LogP contribution in [0, 0.1) is 12.8 Å². The zero-order chi connectivity index (χ0) is 12.3.